The van der Waals surface area contributed by atoms with E-state index >= 15 is 0 Å². The van der Waals surface area contributed by atoms with Crippen molar-refractivity contribution in [2.24, 2.45) is 10.2 Å². The van der Waals surface area contributed by atoms with Crippen molar-refractivity contribution < 1.29 is 9.53 Å². The van der Waals surface area contributed by atoms with Crippen molar-refractivity contribution in [2.45, 2.75) is 38.0 Å². The molecule has 2 aromatic rings. The van der Waals surface area contributed by atoms with Crippen LogP contribution in [0.15, 0.2) is 64.8 Å². The van der Waals surface area contributed by atoms with Crippen molar-refractivity contribution in [1.82, 2.24) is 4.90 Å². The molecule has 0 N–H and O–H groups in total. The minimum atomic E-state index is -0.0797. The van der Waals surface area contributed by atoms with Gasteiger partial charge in [-0.1, -0.05) is 74.0 Å². The van der Waals surface area contributed by atoms with E-state index in [9.17, 15) is 4.79 Å². The van der Waals surface area contributed by atoms with Crippen LogP contribution in [0.1, 0.15) is 37.3 Å². The summed E-state index contributed by atoms with van der Waals surface area (Å²) in [6, 6.07) is 17.6. The summed E-state index contributed by atoms with van der Waals surface area (Å²) in [4.78, 5) is 14.7. The summed E-state index contributed by atoms with van der Waals surface area (Å²) in [5.74, 6) is 0.913. The molecule has 1 atom stereocenters. The minimum absolute atomic E-state index is 0.0797. The molecule has 0 bridgehead atoms. The summed E-state index contributed by atoms with van der Waals surface area (Å²) in [6.45, 7) is 2.62. The number of methoxy groups -OCH3 is 1. The number of nitrogens with zero attached hydrogens (tertiary/aromatic N) is 3. The van der Waals surface area contributed by atoms with Crippen LogP contribution in [-0.4, -0.2) is 34.5 Å². The normalized spacial score (nSPS) is 18.4. The summed E-state index contributed by atoms with van der Waals surface area (Å²) < 4.78 is 5.21. The monoisotopic (exact) mass is 395 g/mol. The summed E-state index contributed by atoms with van der Waals surface area (Å²) in [6.07, 6.45) is 4.67. The number of hydrogen-bond acceptors (Lipinski definition) is 5. The van der Waals surface area contributed by atoms with Crippen molar-refractivity contribution in [3.63, 3.8) is 0 Å². The van der Waals surface area contributed by atoms with Crippen LogP contribution in [0, 0.1) is 0 Å². The van der Waals surface area contributed by atoms with E-state index in [2.05, 4.69) is 17.1 Å². The van der Waals surface area contributed by atoms with Crippen LogP contribution in [0.25, 0.3) is 0 Å². The number of benzene rings is 2. The maximum Gasteiger partial charge on any atom is 0.242 e. The number of rotatable bonds is 8. The van der Waals surface area contributed by atoms with E-state index < -0.39 is 0 Å². The molecular formula is C22H25N3O2S. The fourth-order valence-corrected chi connectivity index (χ4v) is 4.05. The molecule has 1 aliphatic heterocycles. The van der Waals surface area contributed by atoms with Gasteiger partial charge in [0.2, 0.25) is 5.91 Å². The van der Waals surface area contributed by atoms with Gasteiger partial charge in [-0.25, -0.2) is 0 Å². The molecule has 0 aromatic heterocycles. The number of carbonyl (C=O) groups excluding carboxylic acids is 1. The Morgan fingerprint density at radius 1 is 1.14 bits per heavy atom. The second kappa shape index (κ2) is 10.1. The number of carbonyl (C=O) groups is 1. The fourth-order valence-electron chi connectivity index (χ4n) is 2.90. The maximum atomic E-state index is 12.9. The molecule has 1 fully saturated rings. The lowest BCUT2D eigenvalue weighted by Crippen LogP contribution is -2.31. The lowest BCUT2D eigenvalue weighted by Gasteiger charge is -2.16. The Kier molecular flexibility index (Phi) is 7.25. The Morgan fingerprint density at radius 2 is 1.89 bits per heavy atom. The van der Waals surface area contributed by atoms with Crippen molar-refractivity contribution in [3.05, 3.63) is 65.7 Å². The smallest absolute Gasteiger partial charge is 0.242 e. The Balaban J connectivity index is 1.78. The van der Waals surface area contributed by atoms with Gasteiger partial charge in [-0.05, 0) is 29.7 Å². The SMILES string of the molecule is CCCCC1S/C(=N/N=C/c2ccccc2)N(Cc2ccc(OC)cc2)C1=O. The van der Waals surface area contributed by atoms with Crippen molar-refractivity contribution in [3.8, 4) is 5.75 Å². The summed E-state index contributed by atoms with van der Waals surface area (Å²) in [5.41, 5.74) is 2.01. The van der Waals surface area contributed by atoms with E-state index in [0.29, 0.717) is 11.7 Å². The van der Waals surface area contributed by atoms with E-state index in [-0.39, 0.29) is 11.2 Å². The molecule has 1 heterocycles. The zero-order chi connectivity index (χ0) is 19.8. The first-order valence-electron chi connectivity index (χ1n) is 9.48. The average molecular weight is 396 g/mol. The van der Waals surface area contributed by atoms with Gasteiger partial charge < -0.3 is 4.74 Å². The largest absolute Gasteiger partial charge is 0.497 e. The van der Waals surface area contributed by atoms with E-state index in [1.807, 2.05) is 54.6 Å². The van der Waals surface area contributed by atoms with Gasteiger partial charge in [-0.15, -0.1) is 5.10 Å². The van der Waals surface area contributed by atoms with Crippen LogP contribution in [0.2, 0.25) is 0 Å². The quantitative estimate of drug-likeness (QED) is 0.480. The van der Waals surface area contributed by atoms with Crippen LogP contribution in [-0.2, 0) is 11.3 Å². The molecular weight excluding hydrogens is 370 g/mol. The molecule has 3 rings (SSSR count). The molecule has 1 amide bonds. The van der Waals surface area contributed by atoms with Crippen molar-refractivity contribution in [2.75, 3.05) is 7.11 Å². The summed E-state index contributed by atoms with van der Waals surface area (Å²) >= 11 is 1.52. The van der Waals surface area contributed by atoms with E-state index in [4.69, 9.17) is 4.74 Å². The molecule has 0 saturated carbocycles. The molecule has 0 radical (unpaired) electrons. The van der Waals surface area contributed by atoms with Gasteiger partial charge in [0.05, 0.1) is 25.1 Å². The zero-order valence-electron chi connectivity index (χ0n) is 16.2. The highest BCUT2D eigenvalue weighted by Gasteiger charge is 2.37. The number of hydrogen-bond donors (Lipinski definition) is 0. The summed E-state index contributed by atoms with van der Waals surface area (Å²) in [7, 11) is 1.64. The third kappa shape index (κ3) is 5.23. The minimum Gasteiger partial charge on any atom is -0.497 e. The van der Waals surface area contributed by atoms with Gasteiger partial charge >= 0.3 is 0 Å². The molecule has 146 valence electrons. The highest BCUT2D eigenvalue weighted by atomic mass is 32.2. The second-order valence-corrected chi connectivity index (χ2v) is 7.73. The molecule has 5 nitrogen and oxygen atoms in total. The van der Waals surface area contributed by atoms with Gasteiger partial charge in [0.25, 0.3) is 0 Å². The van der Waals surface area contributed by atoms with Gasteiger partial charge in [0.15, 0.2) is 5.17 Å². The predicted molar refractivity (Wildman–Crippen MR) is 116 cm³/mol. The molecule has 28 heavy (non-hydrogen) atoms. The maximum absolute atomic E-state index is 12.9. The van der Waals surface area contributed by atoms with Gasteiger partial charge in [0.1, 0.15) is 5.75 Å². The predicted octanol–water partition coefficient (Wildman–Crippen LogP) is 4.72. The molecule has 1 saturated heterocycles. The number of amidine groups is 1. The summed E-state index contributed by atoms with van der Waals surface area (Å²) in [5, 5.41) is 9.17. The standard InChI is InChI=1S/C22H25N3O2S/c1-3-4-10-20-21(26)25(16-18-11-13-19(27-2)14-12-18)22(28-20)24-23-15-17-8-6-5-7-9-17/h5-9,11-15,20H,3-4,10,16H2,1-2H3/b23-15+,24-22+. The lowest BCUT2D eigenvalue weighted by atomic mass is 10.1. The highest BCUT2D eigenvalue weighted by molar-refractivity contribution is 8.15. The van der Waals surface area contributed by atoms with Crippen LogP contribution >= 0.6 is 11.8 Å². The number of unbranched alkanes of at least 4 members (excludes halogenated alkanes) is 1. The van der Waals surface area contributed by atoms with Gasteiger partial charge in [-0.3, -0.25) is 9.69 Å². The Hall–Kier alpha value is -2.60. The molecule has 6 heteroatoms. The first-order valence-corrected chi connectivity index (χ1v) is 10.4. The Labute approximate surface area is 170 Å². The van der Waals surface area contributed by atoms with Crippen LogP contribution < -0.4 is 4.74 Å². The van der Waals surface area contributed by atoms with Crippen molar-refractivity contribution >= 4 is 29.1 Å². The number of ether oxygens (including phenoxy) is 1. The first-order chi connectivity index (χ1) is 13.7. The molecule has 1 unspecified atom stereocenters. The number of thioether (sulfide) groups is 1. The van der Waals surface area contributed by atoms with Gasteiger partial charge in [-0.2, -0.15) is 5.10 Å². The Morgan fingerprint density at radius 3 is 2.57 bits per heavy atom. The van der Waals surface area contributed by atoms with Gasteiger partial charge in [0, 0.05) is 0 Å². The van der Waals surface area contributed by atoms with Crippen molar-refractivity contribution in [1.29, 1.82) is 0 Å². The first kappa shape index (κ1) is 20.1. The average Bonchev–Trinajstić information content (AvgIpc) is 3.02. The molecule has 2 aromatic carbocycles. The van der Waals surface area contributed by atoms with Crippen LogP contribution in [0.4, 0.5) is 0 Å². The third-order valence-electron chi connectivity index (χ3n) is 4.49. The van der Waals surface area contributed by atoms with E-state index in [1.165, 1.54) is 11.8 Å². The fraction of sp³-hybridized carbons (Fsp3) is 0.318. The molecule has 0 aliphatic carbocycles. The Bertz CT molecular complexity index is 835. The topological polar surface area (TPSA) is 54.3 Å². The highest BCUT2D eigenvalue weighted by Crippen LogP contribution is 2.32. The third-order valence-corrected chi connectivity index (χ3v) is 5.72. The zero-order valence-corrected chi connectivity index (χ0v) is 17.1. The lowest BCUT2D eigenvalue weighted by molar-refractivity contribution is -0.126. The van der Waals surface area contributed by atoms with Crippen LogP contribution in [0.3, 0.4) is 0 Å². The number of amides is 1. The van der Waals surface area contributed by atoms with E-state index in [0.717, 1.165) is 36.1 Å². The molecule has 0 spiro atoms. The van der Waals surface area contributed by atoms with Crippen LogP contribution in [0.5, 0.6) is 5.75 Å². The second-order valence-electron chi connectivity index (χ2n) is 6.56. The molecule has 1 aliphatic rings. The van der Waals surface area contributed by atoms with E-state index in [1.54, 1.807) is 18.2 Å².